The van der Waals surface area contributed by atoms with Crippen LogP contribution >= 0.6 is 7.82 Å². The molecule has 0 aliphatic heterocycles. The molecule has 0 aliphatic rings. The zero-order valence-electron chi connectivity index (χ0n) is 55.7. The second kappa shape index (κ2) is 64.2. The second-order valence-corrected chi connectivity index (χ2v) is 27.7. The van der Waals surface area contributed by atoms with E-state index in [1.54, 1.807) is 6.08 Å². The summed E-state index contributed by atoms with van der Waals surface area (Å²) >= 11 is 0. The number of nitrogens with one attached hydrogen (secondary N) is 1. The summed E-state index contributed by atoms with van der Waals surface area (Å²) in [7, 11) is 1.26. The Bertz CT molecular complexity index is 1430. The van der Waals surface area contributed by atoms with Gasteiger partial charge in [0.25, 0.3) is 7.82 Å². The Balaban J connectivity index is 4.04. The molecule has 0 aliphatic carbocycles. The molecule has 0 radical (unpaired) electrons. The van der Waals surface area contributed by atoms with E-state index in [1.807, 2.05) is 27.2 Å². The number of carbonyl (C=O) groups is 1. The molecule has 0 saturated carbocycles. The lowest BCUT2D eigenvalue weighted by atomic mass is 10.0. The maximum atomic E-state index is 13.0. The summed E-state index contributed by atoms with van der Waals surface area (Å²) in [5, 5.41) is 14.0. The molecule has 9 heteroatoms. The van der Waals surface area contributed by atoms with Gasteiger partial charge in [-0.2, -0.15) is 0 Å². The molecule has 2 N–H and O–H groups in total. The molecular weight excluding hydrogens is 1030 g/mol. The van der Waals surface area contributed by atoms with E-state index in [0.717, 1.165) is 38.5 Å². The van der Waals surface area contributed by atoms with Gasteiger partial charge in [0.1, 0.15) is 13.2 Å². The van der Waals surface area contributed by atoms with E-state index in [4.69, 9.17) is 9.05 Å². The molecule has 0 fully saturated rings. The van der Waals surface area contributed by atoms with Crippen LogP contribution in [0.4, 0.5) is 0 Å². The van der Waals surface area contributed by atoms with E-state index in [0.29, 0.717) is 17.4 Å². The summed E-state index contributed by atoms with van der Waals surface area (Å²) in [6.07, 6.45) is 85.7. The van der Waals surface area contributed by atoms with Crippen LogP contribution in [0.3, 0.4) is 0 Å². The maximum absolute atomic E-state index is 13.0. The van der Waals surface area contributed by atoms with Crippen LogP contribution in [0, 0.1) is 0 Å². The highest BCUT2D eigenvalue weighted by atomic mass is 31.2. The van der Waals surface area contributed by atoms with Crippen LogP contribution in [-0.2, 0) is 18.4 Å². The van der Waals surface area contributed by atoms with E-state index in [9.17, 15) is 19.4 Å². The van der Waals surface area contributed by atoms with Crippen LogP contribution in [0.1, 0.15) is 373 Å². The van der Waals surface area contributed by atoms with Crippen LogP contribution < -0.4 is 10.2 Å². The van der Waals surface area contributed by atoms with Crippen molar-refractivity contribution in [3.05, 3.63) is 36.5 Å². The van der Waals surface area contributed by atoms with Gasteiger partial charge >= 0.3 is 0 Å². The average molecular weight is 1180 g/mol. The van der Waals surface area contributed by atoms with E-state index < -0.39 is 20.0 Å². The van der Waals surface area contributed by atoms with Gasteiger partial charge in [-0.15, -0.1) is 0 Å². The third-order valence-corrected chi connectivity index (χ3v) is 17.8. The lowest BCUT2D eigenvalue weighted by molar-refractivity contribution is -0.870. The number of phosphoric ester groups is 1. The monoisotopic (exact) mass is 1180 g/mol. The van der Waals surface area contributed by atoms with Crippen LogP contribution in [0.5, 0.6) is 0 Å². The number of nitrogens with zero attached hydrogens (tertiary/aromatic N) is 1. The van der Waals surface area contributed by atoms with Gasteiger partial charge in [0.2, 0.25) is 5.91 Å². The lowest BCUT2D eigenvalue weighted by Gasteiger charge is -2.29. The number of likely N-dealkylation sites (N-methyl/N-ethyl adjacent to an activating group) is 1. The number of carbonyl (C=O) groups excluding carboxylic acids is 1. The highest BCUT2D eigenvalue weighted by Crippen LogP contribution is 2.38. The molecule has 0 aromatic heterocycles. The number of amides is 1. The van der Waals surface area contributed by atoms with Crippen molar-refractivity contribution in [1.29, 1.82) is 0 Å². The molecule has 8 nitrogen and oxygen atoms in total. The van der Waals surface area contributed by atoms with Crippen molar-refractivity contribution < 1.29 is 32.9 Å². The predicted octanol–water partition coefficient (Wildman–Crippen LogP) is 22.6. The molecule has 0 saturated heterocycles. The molecular formula is C73H143N2O6P. The lowest BCUT2D eigenvalue weighted by Crippen LogP contribution is -2.45. The van der Waals surface area contributed by atoms with Gasteiger partial charge in [-0.3, -0.25) is 9.36 Å². The number of phosphoric acid groups is 1. The zero-order chi connectivity index (χ0) is 59.8. The van der Waals surface area contributed by atoms with Crippen LogP contribution in [-0.4, -0.2) is 68.5 Å². The Kier molecular flexibility index (Phi) is 63.2. The number of hydrogen-bond donors (Lipinski definition) is 2. The minimum atomic E-state index is -4.61. The topological polar surface area (TPSA) is 108 Å². The van der Waals surface area contributed by atoms with Crippen molar-refractivity contribution in [3.8, 4) is 0 Å². The standard InChI is InChI=1S/C73H143N2O6P/c1-6-8-10-12-14-16-18-20-22-24-26-28-30-32-34-35-36-37-38-39-41-43-45-47-49-51-53-55-57-59-61-63-65-67-73(77)74-71(70-81-82(78,79)80-69-68-75(3,4)5)72(76)66-64-62-60-58-56-54-52-50-48-46-44-42-40-33-31-29-27-25-23-21-19-17-15-13-11-9-7-2/h24,26,56,58,64,66,71-72,76H,6-23,25,27-55,57,59-63,65,67-70H2,1-5H3,(H-,74,77,78,79)/b26-24-,58-56+,66-64+. The fraction of sp³-hybridized carbons (Fsp3) is 0.904. The molecule has 0 heterocycles. The zero-order valence-corrected chi connectivity index (χ0v) is 56.6. The number of aliphatic hydroxyl groups is 1. The van der Waals surface area contributed by atoms with Gasteiger partial charge in [0.05, 0.1) is 39.9 Å². The first-order valence-corrected chi connectivity index (χ1v) is 37.8. The fourth-order valence-corrected chi connectivity index (χ4v) is 11.9. The summed E-state index contributed by atoms with van der Waals surface area (Å²) in [5.41, 5.74) is 0. The quantitative estimate of drug-likeness (QED) is 0.0272. The van der Waals surface area contributed by atoms with Crippen LogP contribution in [0.2, 0.25) is 0 Å². The van der Waals surface area contributed by atoms with Gasteiger partial charge in [-0.05, 0) is 57.8 Å². The largest absolute Gasteiger partial charge is 0.756 e. The summed E-state index contributed by atoms with van der Waals surface area (Å²) in [6, 6.07) is -0.903. The third-order valence-electron chi connectivity index (χ3n) is 16.8. The Morgan fingerprint density at radius 3 is 0.988 bits per heavy atom. The Hall–Kier alpha value is -1.28. The SMILES string of the molecule is CCCCCCCCCC/C=C\CCCCCCCCCCCCCCCCCCCCCCCC(=O)NC(COP(=O)([O-])OCC[N+](C)(C)C)C(O)/C=C/CC/C=C/CCCCCCCCCCCCCCCCCCCCCCC. The smallest absolute Gasteiger partial charge is 0.268 e. The summed E-state index contributed by atoms with van der Waals surface area (Å²) in [4.78, 5) is 25.6. The highest BCUT2D eigenvalue weighted by molar-refractivity contribution is 7.45. The predicted molar refractivity (Wildman–Crippen MR) is 358 cm³/mol. The minimum absolute atomic E-state index is 0.00430. The van der Waals surface area contributed by atoms with Crippen molar-refractivity contribution in [2.24, 2.45) is 0 Å². The summed E-state index contributed by atoms with van der Waals surface area (Å²) < 4.78 is 23.5. The van der Waals surface area contributed by atoms with Gasteiger partial charge < -0.3 is 28.8 Å². The molecule has 3 atom stereocenters. The van der Waals surface area contributed by atoms with Crippen molar-refractivity contribution in [1.82, 2.24) is 5.32 Å². The highest BCUT2D eigenvalue weighted by Gasteiger charge is 2.23. The van der Waals surface area contributed by atoms with E-state index in [1.165, 1.54) is 315 Å². The van der Waals surface area contributed by atoms with Crippen molar-refractivity contribution in [2.75, 3.05) is 40.9 Å². The average Bonchev–Trinajstić information content (AvgIpc) is 3.47. The van der Waals surface area contributed by atoms with Gasteiger partial charge in [-0.25, -0.2) is 0 Å². The summed E-state index contributed by atoms with van der Waals surface area (Å²) in [5.74, 6) is -0.199. The molecule has 0 bridgehead atoms. The molecule has 1 amide bonds. The Morgan fingerprint density at radius 2 is 0.683 bits per heavy atom. The number of unbranched alkanes of at least 4 members (excludes halogenated alkanes) is 51. The van der Waals surface area contributed by atoms with Gasteiger partial charge in [-0.1, -0.05) is 346 Å². The Morgan fingerprint density at radius 1 is 0.415 bits per heavy atom. The molecule has 3 unspecified atom stereocenters. The normalized spacial score (nSPS) is 13.8. The maximum Gasteiger partial charge on any atom is 0.268 e. The molecule has 0 rings (SSSR count). The van der Waals surface area contributed by atoms with E-state index >= 15 is 0 Å². The molecule has 0 aromatic carbocycles. The number of allylic oxidation sites excluding steroid dienone is 5. The number of aliphatic hydroxyl groups excluding tert-OH is 1. The first-order chi connectivity index (χ1) is 40.0. The van der Waals surface area contributed by atoms with Crippen molar-refractivity contribution in [3.63, 3.8) is 0 Å². The number of hydrogen-bond acceptors (Lipinski definition) is 6. The fourth-order valence-electron chi connectivity index (χ4n) is 11.2. The minimum Gasteiger partial charge on any atom is -0.756 e. The van der Waals surface area contributed by atoms with E-state index in [2.05, 4.69) is 43.5 Å². The van der Waals surface area contributed by atoms with Gasteiger partial charge in [0.15, 0.2) is 0 Å². The number of rotatable bonds is 68. The van der Waals surface area contributed by atoms with Crippen LogP contribution in [0.15, 0.2) is 36.5 Å². The van der Waals surface area contributed by atoms with E-state index in [-0.39, 0.29) is 19.1 Å². The second-order valence-electron chi connectivity index (χ2n) is 26.3. The molecule has 82 heavy (non-hydrogen) atoms. The first kappa shape index (κ1) is 80.7. The number of quaternary nitrogens is 1. The van der Waals surface area contributed by atoms with Gasteiger partial charge in [0, 0.05) is 6.42 Å². The molecule has 486 valence electrons. The molecule has 0 aromatic rings. The molecule has 0 spiro atoms. The summed E-state index contributed by atoms with van der Waals surface area (Å²) in [6.45, 7) is 4.69. The van der Waals surface area contributed by atoms with Crippen LogP contribution in [0.25, 0.3) is 0 Å². The third kappa shape index (κ3) is 66.2. The first-order valence-electron chi connectivity index (χ1n) is 36.4. The van der Waals surface area contributed by atoms with Crippen molar-refractivity contribution in [2.45, 2.75) is 386 Å². The van der Waals surface area contributed by atoms with Crippen molar-refractivity contribution >= 4 is 13.7 Å². The Labute approximate surface area is 512 Å².